The summed E-state index contributed by atoms with van der Waals surface area (Å²) >= 11 is 1.22. The quantitative estimate of drug-likeness (QED) is 0.820. The summed E-state index contributed by atoms with van der Waals surface area (Å²) in [4.78, 5) is 4.01. The van der Waals surface area contributed by atoms with Crippen molar-refractivity contribution >= 4 is 32.2 Å². The van der Waals surface area contributed by atoms with Crippen LogP contribution in [0.25, 0.3) is 0 Å². The highest BCUT2D eigenvalue weighted by Gasteiger charge is 2.14. The van der Waals surface area contributed by atoms with Gasteiger partial charge in [-0.15, -0.1) is 11.3 Å². The Morgan fingerprint density at radius 3 is 2.50 bits per heavy atom. The molecule has 84 valence electrons. The van der Waals surface area contributed by atoms with E-state index in [4.69, 9.17) is 5.73 Å². The standard InChI is InChI=1S/C9H9N3O2S2/c10-7-1-3-8(4-2-7)16(13,14)12-9-11-5-6-15-9/h1-6H,10H2,(H,11,12)/i1+1,2+1,3+1,4+1,7+1,8+1. The van der Waals surface area contributed by atoms with Crippen molar-refractivity contribution in [1.82, 2.24) is 4.98 Å². The van der Waals surface area contributed by atoms with Gasteiger partial charge in [-0.1, -0.05) is 0 Å². The van der Waals surface area contributed by atoms with Crippen LogP contribution in [0, 0.1) is 0 Å². The van der Waals surface area contributed by atoms with Crippen molar-refractivity contribution in [3.63, 3.8) is 0 Å². The summed E-state index contributed by atoms with van der Waals surface area (Å²) < 4.78 is 26.0. The average molecular weight is 261 g/mol. The van der Waals surface area contributed by atoms with Gasteiger partial charge in [0.25, 0.3) is 10.0 Å². The van der Waals surface area contributed by atoms with E-state index in [1.165, 1.54) is 41.8 Å². The van der Waals surface area contributed by atoms with E-state index in [9.17, 15) is 8.42 Å². The molecule has 0 aliphatic carbocycles. The Morgan fingerprint density at radius 1 is 1.25 bits per heavy atom. The molecule has 0 radical (unpaired) electrons. The number of benzene rings is 1. The summed E-state index contributed by atoms with van der Waals surface area (Å²) in [6, 6.07) is 5.98. The number of sulfonamides is 1. The Kier molecular flexibility index (Phi) is 2.80. The summed E-state index contributed by atoms with van der Waals surface area (Å²) in [6.45, 7) is 0. The zero-order chi connectivity index (χ0) is 11.6. The lowest BCUT2D eigenvalue weighted by atomic mass is 11.0. The number of aromatic nitrogens is 1. The molecule has 0 saturated carbocycles. The van der Waals surface area contributed by atoms with Crippen molar-refractivity contribution in [2.75, 3.05) is 10.5 Å². The van der Waals surface area contributed by atoms with Crippen LogP contribution in [0.1, 0.15) is 0 Å². The smallest absolute Gasteiger partial charge is 0.263 e. The Labute approximate surface area is 97.0 Å². The highest BCUT2D eigenvalue weighted by atomic mass is 32.2. The van der Waals surface area contributed by atoms with Crippen LogP contribution in [0.4, 0.5) is 10.8 Å². The molecule has 0 aliphatic heterocycles. The van der Waals surface area contributed by atoms with Gasteiger partial charge in [0.05, 0.1) is 4.90 Å². The molecule has 3 N–H and O–H groups in total. The van der Waals surface area contributed by atoms with E-state index >= 15 is 0 Å². The summed E-state index contributed by atoms with van der Waals surface area (Å²) in [7, 11) is -3.56. The van der Waals surface area contributed by atoms with Crippen molar-refractivity contribution in [3.8, 4) is 0 Å². The highest BCUT2D eigenvalue weighted by Crippen LogP contribution is 2.18. The van der Waals surface area contributed by atoms with Gasteiger partial charge < -0.3 is 5.73 Å². The molecule has 1 aromatic heterocycles. The lowest BCUT2D eigenvalue weighted by molar-refractivity contribution is 0.601. The van der Waals surface area contributed by atoms with E-state index in [-0.39, 0.29) is 4.90 Å². The SMILES string of the molecule is N[13c]1[13cH][13cH][13c](S(=O)(=O)Nc2nccs2)[13cH][13cH]1. The predicted molar refractivity (Wildman–Crippen MR) is 63.8 cm³/mol. The number of nitrogens with two attached hydrogens (primary N) is 1. The van der Waals surface area contributed by atoms with Crippen LogP contribution in [0.2, 0.25) is 0 Å². The summed E-state index contributed by atoms with van der Waals surface area (Å²) in [6.07, 6.45) is 1.53. The van der Waals surface area contributed by atoms with Crippen LogP contribution in [0.3, 0.4) is 0 Å². The highest BCUT2D eigenvalue weighted by molar-refractivity contribution is 7.93. The van der Waals surface area contributed by atoms with E-state index in [0.29, 0.717) is 10.8 Å². The van der Waals surface area contributed by atoms with Crippen molar-refractivity contribution in [2.45, 2.75) is 4.90 Å². The Bertz CT molecular complexity index is 561. The van der Waals surface area contributed by atoms with E-state index in [2.05, 4.69) is 9.71 Å². The molecule has 2 rings (SSSR count). The van der Waals surface area contributed by atoms with Crippen LogP contribution in [-0.4, -0.2) is 13.4 Å². The van der Waals surface area contributed by atoms with Crippen LogP contribution < -0.4 is 10.5 Å². The Morgan fingerprint density at radius 2 is 1.94 bits per heavy atom. The van der Waals surface area contributed by atoms with E-state index in [1.54, 1.807) is 5.38 Å². The molecule has 0 spiro atoms. The Hall–Kier alpha value is -1.60. The van der Waals surface area contributed by atoms with Gasteiger partial charge in [-0.25, -0.2) is 13.4 Å². The monoisotopic (exact) mass is 261 g/mol. The first-order chi connectivity index (χ1) is 7.58. The Balaban J connectivity index is 2.29. The molecule has 0 bridgehead atoms. The second-order valence-corrected chi connectivity index (χ2v) is 5.59. The van der Waals surface area contributed by atoms with Gasteiger partial charge in [0.1, 0.15) is 0 Å². The van der Waals surface area contributed by atoms with Gasteiger partial charge in [-0.3, -0.25) is 4.72 Å². The third kappa shape index (κ3) is 2.31. The number of hydrogen-bond donors (Lipinski definition) is 2. The molecule has 0 fully saturated rings. The molecule has 1 aromatic carbocycles. The zero-order valence-electron chi connectivity index (χ0n) is 8.12. The minimum absolute atomic E-state index is 0.164. The molecule has 5 nitrogen and oxygen atoms in total. The maximum atomic E-state index is 11.8. The topological polar surface area (TPSA) is 85.1 Å². The molecule has 0 atom stereocenters. The number of hydrogen-bond acceptors (Lipinski definition) is 5. The van der Waals surface area contributed by atoms with Gasteiger partial charge >= 0.3 is 0 Å². The van der Waals surface area contributed by atoms with Gasteiger partial charge in [-0.05, 0) is 24.3 Å². The fourth-order valence-electron chi connectivity index (χ4n) is 1.09. The number of nitrogen functional groups attached to an aromatic ring is 1. The third-order valence-electron chi connectivity index (χ3n) is 1.84. The first-order valence-electron chi connectivity index (χ1n) is 4.36. The molecular weight excluding hydrogens is 252 g/mol. The maximum absolute atomic E-state index is 11.8. The van der Waals surface area contributed by atoms with Crippen molar-refractivity contribution in [2.24, 2.45) is 0 Å². The van der Waals surface area contributed by atoms with Crippen LogP contribution in [-0.2, 0) is 10.0 Å². The lowest BCUT2D eigenvalue weighted by Crippen LogP contribution is -2.12. The summed E-state index contributed by atoms with van der Waals surface area (Å²) in [5.41, 5.74) is 6.00. The average Bonchev–Trinajstić information content (AvgIpc) is 2.70. The minimum Gasteiger partial charge on any atom is -0.399 e. The van der Waals surface area contributed by atoms with Crippen molar-refractivity contribution in [3.05, 3.63) is 35.8 Å². The fourth-order valence-corrected chi connectivity index (χ4v) is 2.88. The molecule has 0 aliphatic rings. The third-order valence-corrected chi connectivity index (χ3v) is 4.02. The van der Waals surface area contributed by atoms with Gasteiger partial charge in [-0.2, -0.15) is 0 Å². The molecule has 16 heavy (non-hydrogen) atoms. The molecule has 0 unspecified atom stereocenters. The maximum Gasteiger partial charge on any atom is 0.263 e. The molecule has 1 heterocycles. The molecule has 0 saturated heterocycles. The summed E-state index contributed by atoms with van der Waals surface area (Å²) in [5.74, 6) is 0. The molecule has 0 amide bonds. The number of anilines is 2. The van der Waals surface area contributed by atoms with Gasteiger partial charge in [0.15, 0.2) is 5.13 Å². The van der Waals surface area contributed by atoms with Crippen LogP contribution in [0.15, 0.2) is 40.7 Å². The molecule has 7 heteroatoms. The molecule has 2 aromatic rings. The van der Waals surface area contributed by atoms with Crippen molar-refractivity contribution in [1.29, 1.82) is 0 Å². The number of nitrogens with zero attached hydrogens (tertiary/aromatic N) is 1. The first-order valence-corrected chi connectivity index (χ1v) is 6.72. The van der Waals surface area contributed by atoms with Gasteiger partial charge in [0, 0.05) is 17.3 Å². The normalized spacial score (nSPS) is 11.2. The van der Waals surface area contributed by atoms with E-state index in [1.807, 2.05) is 0 Å². The first kappa shape index (κ1) is 10.9. The second-order valence-electron chi connectivity index (χ2n) is 3.01. The van der Waals surface area contributed by atoms with Crippen LogP contribution in [0.5, 0.6) is 0 Å². The molecular formula is C9H9N3O2S2. The zero-order valence-corrected chi connectivity index (χ0v) is 9.75. The lowest BCUT2D eigenvalue weighted by Gasteiger charge is -2.04. The number of nitrogens with one attached hydrogen (secondary N) is 1. The number of thiazole rings is 1. The van der Waals surface area contributed by atoms with E-state index in [0.717, 1.165) is 0 Å². The fraction of sp³-hybridized carbons (Fsp3) is 0. The van der Waals surface area contributed by atoms with Gasteiger partial charge in [0.2, 0.25) is 0 Å². The second kappa shape index (κ2) is 4.11. The van der Waals surface area contributed by atoms with E-state index < -0.39 is 10.0 Å². The largest absolute Gasteiger partial charge is 0.399 e. The summed E-state index contributed by atoms with van der Waals surface area (Å²) in [5, 5.41) is 2.04. The minimum atomic E-state index is -3.56. The predicted octanol–water partition coefficient (Wildman–Crippen LogP) is 1.53. The number of rotatable bonds is 3. The van der Waals surface area contributed by atoms with Crippen molar-refractivity contribution < 1.29 is 8.42 Å². The van der Waals surface area contributed by atoms with Crippen LogP contribution >= 0.6 is 11.3 Å².